The smallest absolute Gasteiger partial charge is 0.339 e. The standard InChI is InChI=1S/C23H32N2O6S2/c1-3-17(2)25(18-10-13-33(29,30)16-18)21(26)14-31-23(28)19-8-4-5-9-20(19)32-15-22(27)24-11-6-7-12-24/h4-5,8-9,17-18H,3,6-7,10-16H2,1-2H3/t17-,18-/m0/s1. The fourth-order valence-corrected chi connectivity index (χ4v) is 6.89. The van der Waals surface area contributed by atoms with Crippen molar-refractivity contribution in [3.63, 3.8) is 0 Å². The van der Waals surface area contributed by atoms with Gasteiger partial charge >= 0.3 is 5.97 Å². The van der Waals surface area contributed by atoms with E-state index >= 15 is 0 Å². The van der Waals surface area contributed by atoms with Gasteiger partial charge in [-0.2, -0.15) is 0 Å². The van der Waals surface area contributed by atoms with Crippen molar-refractivity contribution in [2.24, 2.45) is 0 Å². The van der Waals surface area contributed by atoms with Gasteiger partial charge in [0, 0.05) is 30.1 Å². The molecule has 1 aromatic rings. The molecule has 2 atom stereocenters. The highest BCUT2D eigenvalue weighted by molar-refractivity contribution is 8.00. The first-order valence-electron chi connectivity index (χ1n) is 11.4. The summed E-state index contributed by atoms with van der Waals surface area (Å²) in [6, 6.07) is 6.32. The molecule has 2 heterocycles. The van der Waals surface area contributed by atoms with Crippen molar-refractivity contribution >= 4 is 39.4 Å². The second kappa shape index (κ2) is 11.4. The van der Waals surface area contributed by atoms with Gasteiger partial charge in [0.2, 0.25) is 5.91 Å². The van der Waals surface area contributed by atoms with Crippen molar-refractivity contribution in [3.05, 3.63) is 29.8 Å². The van der Waals surface area contributed by atoms with E-state index in [1.807, 2.05) is 18.7 Å². The van der Waals surface area contributed by atoms with Gasteiger partial charge in [-0.15, -0.1) is 11.8 Å². The van der Waals surface area contributed by atoms with Crippen LogP contribution in [0.15, 0.2) is 29.2 Å². The van der Waals surface area contributed by atoms with Crippen molar-refractivity contribution in [1.29, 1.82) is 0 Å². The Kier molecular flexibility index (Phi) is 8.81. The van der Waals surface area contributed by atoms with Crippen LogP contribution in [0.25, 0.3) is 0 Å². The molecule has 0 radical (unpaired) electrons. The number of carbonyl (C=O) groups is 3. The van der Waals surface area contributed by atoms with Crippen LogP contribution in [0.1, 0.15) is 49.9 Å². The molecule has 0 unspecified atom stereocenters. The summed E-state index contributed by atoms with van der Waals surface area (Å²) >= 11 is 1.29. The fourth-order valence-electron chi connectivity index (χ4n) is 4.24. The Morgan fingerprint density at radius 2 is 1.91 bits per heavy atom. The number of sulfone groups is 1. The van der Waals surface area contributed by atoms with Gasteiger partial charge in [0.05, 0.1) is 22.8 Å². The summed E-state index contributed by atoms with van der Waals surface area (Å²) < 4.78 is 29.2. The van der Waals surface area contributed by atoms with Gasteiger partial charge in [0.15, 0.2) is 16.4 Å². The van der Waals surface area contributed by atoms with Gasteiger partial charge < -0.3 is 14.5 Å². The van der Waals surface area contributed by atoms with Crippen LogP contribution in [0.3, 0.4) is 0 Å². The van der Waals surface area contributed by atoms with Gasteiger partial charge in [0.25, 0.3) is 5.91 Å². The van der Waals surface area contributed by atoms with E-state index in [2.05, 4.69) is 0 Å². The van der Waals surface area contributed by atoms with Gasteiger partial charge in [-0.05, 0) is 44.7 Å². The highest BCUT2D eigenvalue weighted by atomic mass is 32.2. The number of thioether (sulfide) groups is 1. The lowest BCUT2D eigenvalue weighted by molar-refractivity contribution is -0.138. The normalized spacial score (nSPS) is 20.4. The molecule has 1 aromatic carbocycles. The second-order valence-electron chi connectivity index (χ2n) is 8.56. The van der Waals surface area contributed by atoms with E-state index in [9.17, 15) is 22.8 Å². The molecule has 0 N–H and O–H groups in total. The van der Waals surface area contributed by atoms with Crippen LogP contribution in [-0.2, 0) is 24.2 Å². The number of nitrogens with zero attached hydrogens (tertiary/aromatic N) is 2. The Hall–Kier alpha value is -2.07. The summed E-state index contributed by atoms with van der Waals surface area (Å²) in [5.74, 6) is -0.731. The van der Waals surface area contributed by atoms with E-state index in [0.29, 0.717) is 23.3 Å². The Labute approximate surface area is 199 Å². The molecule has 2 amide bonds. The Morgan fingerprint density at radius 1 is 1.21 bits per heavy atom. The van der Waals surface area contributed by atoms with E-state index in [0.717, 1.165) is 25.9 Å². The topological polar surface area (TPSA) is 101 Å². The monoisotopic (exact) mass is 496 g/mol. The summed E-state index contributed by atoms with van der Waals surface area (Å²) in [6.45, 7) is 4.90. The lowest BCUT2D eigenvalue weighted by atomic mass is 10.1. The van der Waals surface area contributed by atoms with Crippen LogP contribution in [0.4, 0.5) is 0 Å². The van der Waals surface area contributed by atoms with Crippen molar-refractivity contribution in [2.75, 3.05) is 37.0 Å². The van der Waals surface area contributed by atoms with Crippen LogP contribution in [-0.4, -0.2) is 85.0 Å². The highest BCUT2D eigenvalue weighted by Crippen LogP contribution is 2.25. The highest BCUT2D eigenvalue weighted by Gasteiger charge is 2.36. The van der Waals surface area contributed by atoms with E-state index in [4.69, 9.17) is 4.74 Å². The molecule has 2 aliphatic heterocycles. The Bertz CT molecular complexity index is 975. The molecule has 0 aliphatic carbocycles. The molecule has 0 saturated carbocycles. The number of hydrogen-bond acceptors (Lipinski definition) is 7. The second-order valence-corrected chi connectivity index (χ2v) is 11.8. The summed E-state index contributed by atoms with van der Waals surface area (Å²) in [5, 5.41) is 0. The maximum Gasteiger partial charge on any atom is 0.339 e. The zero-order chi connectivity index (χ0) is 24.0. The van der Waals surface area contributed by atoms with Crippen LogP contribution >= 0.6 is 11.8 Å². The molecule has 2 fully saturated rings. The van der Waals surface area contributed by atoms with Gasteiger partial charge in [-0.1, -0.05) is 19.1 Å². The van der Waals surface area contributed by atoms with E-state index in [-0.39, 0.29) is 29.2 Å². The number of esters is 1. The van der Waals surface area contributed by atoms with Crippen molar-refractivity contribution in [2.45, 2.75) is 56.5 Å². The molecule has 33 heavy (non-hydrogen) atoms. The average molecular weight is 497 g/mol. The summed E-state index contributed by atoms with van der Waals surface area (Å²) in [6.07, 6.45) is 3.11. The van der Waals surface area contributed by atoms with Crippen LogP contribution in [0.2, 0.25) is 0 Å². The predicted molar refractivity (Wildman–Crippen MR) is 127 cm³/mol. The van der Waals surface area contributed by atoms with Gasteiger partial charge in [-0.25, -0.2) is 13.2 Å². The zero-order valence-corrected chi connectivity index (χ0v) is 20.8. The summed E-state index contributed by atoms with van der Waals surface area (Å²) in [4.78, 5) is 42.1. The van der Waals surface area contributed by atoms with E-state index in [1.165, 1.54) is 11.8 Å². The molecule has 182 valence electrons. The third-order valence-corrected chi connectivity index (χ3v) is 9.01. The lowest BCUT2D eigenvalue weighted by Gasteiger charge is -2.33. The number of rotatable bonds is 9. The largest absolute Gasteiger partial charge is 0.452 e. The first-order chi connectivity index (χ1) is 15.7. The van der Waals surface area contributed by atoms with Crippen LogP contribution in [0.5, 0.6) is 0 Å². The SMILES string of the molecule is CC[C@H](C)N(C(=O)COC(=O)c1ccccc1SCC(=O)N1CCCC1)[C@H]1CCS(=O)(=O)C1. The molecule has 0 bridgehead atoms. The predicted octanol–water partition coefficient (Wildman–Crippen LogP) is 2.37. The van der Waals surface area contributed by atoms with Crippen molar-refractivity contribution in [3.8, 4) is 0 Å². The molecule has 0 aromatic heterocycles. The number of likely N-dealkylation sites (tertiary alicyclic amines) is 1. The first kappa shape index (κ1) is 25.6. The third-order valence-electron chi connectivity index (χ3n) is 6.20. The minimum Gasteiger partial charge on any atom is -0.452 e. The molecule has 2 saturated heterocycles. The molecule has 8 nitrogen and oxygen atoms in total. The van der Waals surface area contributed by atoms with Crippen LogP contribution in [0, 0.1) is 0 Å². The number of hydrogen-bond donors (Lipinski definition) is 0. The maximum absolute atomic E-state index is 12.9. The molecule has 2 aliphatic rings. The van der Waals surface area contributed by atoms with Crippen molar-refractivity contribution < 1.29 is 27.5 Å². The molecule has 0 spiro atoms. The number of benzene rings is 1. The summed E-state index contributed by atoms with van der Waals surface area (Å²) in [7, 11) is -3.15. The minimum atomic E-state index is -3.15. The average Bonchev–Trinajstić information content (AvgIpc) is 3.46. The first-order valence-corrected chi connectivity index (χ1v) is 14.2. The molecule has 3 rings (SSSR count). The Morgan fingerprint density at radius 3 is 2.55 bits per heavy atom. The summed E-state index contributed by atoms with van der Waals surface area (Å²) in [5.41, 5.74) is 0.308. The van der Waals surface area contributed by atoms with Crippen LogP contribution < -0.4 is 0 Å². The molecular formula is C23H32N2O6S2. The zero-order valence-electron chi connectivity index (χ0n) is 19.2. The quantitative estimate of drug-likeness (QED) is 0.382. The Balaban J connectivity index is 1.61. The van der Waals surface area contributed by atoms with E-state index < -0.39 is 34.4 Å². The molecular weight excluding hydrogens is 464 g/mol. The number of ether oxygens (including phenoxy) is 1. The molecule has 10 heteroatoms. The third kappa shape index (κ3) is 6.72. The lowest BCUT2D eigenvalue weighted by Crippen LogP contribution is -2.48. The number of carbonyl (C=O) groups excluding carboxylic acids is 3. The van der Waals surface area contributed by atoms with Crippen molar-refractivity contribution in [1.82, 2.24) is 9.80 Å². The van der Waals surface area contributed by atoms with E-state index in [1.54, 1.807) is 29.2 Å². The van der Waals surface area contributed by atoms with Gasteiger partial charge in [-0.3, -0.25) is 9.59 Å². The fraction of sp³-hybridized carbons (Fsp3) is 0.609. The maximum atomic E-state index is 12.9. The minimum absolute atomic E-state index is 0.0477. The van der Waals surface area contributed by atoms with Gasteiger partial charge in [0.1, 0.15) is 0 Å². The number of amides is 2.